The van der Waals surface area contributed by atoms with E-state index in [1.165, 1.54) is 0 Å². The Hall–Kier alpha value is -2.04. The predicted molar refractivity (Wildman–Crippen MR) is 83.9 cm³/mol. The maximum Gasteiger partial charge on any atom is 0.387 e. The predicted octanol–water partition coefficient (Wildman–Crippen LogP) is 3.40. The molecule has 0 fully saturated rings. The molecule has 0 spiro atoms. The number of carbonyl (C=O) groups excluding carboxylic acids is 1. The number of rotatable bonds is 5. The van der Waals surface area contributed by atoms with Gasteiger partial charge >= 0.3 is 5.97 Å². The maximum absolute atomic E-state index is 12.6. The van der Waals surface area contributed by atoms with Crippen LogP contribution in [-0.4, -0.2) is 17.1 Å². The Bertz CT molecular complexity index is 608. The summed E-state index contributed by atoms with van der Waals surface area (Å²) in [4.78, 5) is 12.8. The zero-order valence-corrected chi connectivity index (χ0v) is 12.5. The first-order valence-electron chi connectivity index (χ1n) is 6.63. The molecule has 3 nitrogen and oxygen atoms in total. The SMILES string of the molecule is CCOC(=O)/C(=C\c1ccccc1)[S+]([O-])c1ccccc1. The van der Waals surface area contributed by atoms with Gasteiger partial charge in [-0.05, 0) is 24.6 Å². The molecule has 0 amide bonds. The van der Waals surface area contributed by atoms with Crippen molar-refractivity contribution >= 4 is 23.2 Å². The fourth-order valence-electron chi connectivity index (χ4n) is 1.76. The molecule has 0 N–H and O–H groups in total. The van der Waals surface area contributed by atoms with Crippen LogP contribution in [0.1, 0.15) is 12.5 Å². The lowest BCUT2D eigenvalue weighted by Crippen LogP contribution is -2.16. The number of hydrogen-bond acceptors (Lipinski definition) is 3. The van der Waals surface area contributed by atoms with Gasteiger partial charge in [0, 0.05) is 17.3 Å². The van der Waals surface area contributed by atoms with E-state index < -0.39 is 17.1 Å². The summed E-state index contributed by atoms with van der Waals surface area (Å²) in [5.41, 5.74) is 0.810. The van der Waals surface area contributed by atoms with E-state index in [4.69, 9.17) is 4.74 Å². The number of carbonyl (C=O) groups is 1. The van der Waals surface area contributed by atoms with Gasteiger partial charge < -0.3 is 9.29 Å². The van der Waals surface area contributed by atoms with Crippen molar-refractivity contribution in [3.8, 4) is 0 Å². The van der Waals surface area contributed by atoms with E-state index in [9.17, 15) is 9.35 Å². The van der Waals surface area contributed by atoms with Crippen LogP contribution in [0.15, 0.2) is 70.5 Å². The summed E-state index contributed by atoms with van der Waals surface area (Å²) in [5, 5.41) is 0. The fraction of sp³-hybridized carbons (Fsp3) is 0.118. The average molecular weight is 300 g/mol. The normalized spacial score (nSPS) is 12.8. The molecule has 1 unspecified atom stereocenters. The minimum Gasteiger partial charge on any atom is -0.606 e. The summed E-state index contributed by atoms with van der Waals surface area (Å²) < 4.78 is 17.6. The molecule has 0 aliphatic carbocycles. The quantitative estimate of drug-likeness (QED) is 0.483. The number of ether oxygens (including phenoxy) is 1. The molecule has 108 valence electrons. The maximum atomic E-state index is 12.6. The summed E-state index contributed by atoms with van der Waals surface area (Å²) in [6, 6.07) is 18.2. The first-order valence-corrected chi connectivity index (χ1v) is 7.78. The smallest absolute Gasteiger partial charge is 0.387 e. The highest BCUT2D eigenvalue weighted by Crippen LogP contribution is 2.22. The summed E-state index contributed by atoms with van der Waals surface area (Å²) >= 11 is -1.57. The van der Waals surface area contributed by atoms with E-state index in [1.54, 1.807) is 37.3 Å². The highest BCUT2D eigenvalue weighted by Gasteiger charge is 2.26. The molecule has 0 saturated carbocycles. The molecule has 21 heavy (non-hydrogen) atoms. The van der Waals surface area contributed by atoms with Gasteiger partial charge in [-0.3, -0.25) is 0 Å². The largest absolute Gasteiger partial charge is 0.606 e. The zero-order chi connectivity index (χ0) is 15.1. The van der Waals surface area contributed by atoms with Crippen LogP contribution in [0, 0.1) is 0 Å². The molecular weight excluding hydrogens is 284 g/mol. The van der Waals surface area contributed by atoms with E-state index in [0.29, 0.717) is 4.90 Å². The summed E-state index contributed by atoms with van der Waals surface area (Å²) in [5.74, 6) is -0.552. The molecule has 0 aromatic heterocycles. The topological polar surface area (TPSA) is 49.4 Å². The van der Waals surface area contributed by atoms with Gasteiger partial charge in [0.15, 0.2) is 4.90 Å². The van der Waals surface area contributed by atoms with Crippen molar-refractivity contribution in [1.82, 2.24) is 0 Å². The number of esters is 1. The molecule has 0 saturated heterocycles. The van der Waals surface area contributed by atoms with Crippen molar-refractivity contribution in [1.29, 1.82) is 0 Å². The second kappa shape index (κ2) is 7.67. The molecule has 0 aliphatic rings. The lowest BCUT2D eigenvalue weighted by atomic mass is 10.2. The van der Waals surface area contributed by atoms with Crippen molar-refractivity contribution in [2.24, 2.45) is 0 Å². The van der Waals surface area contributed by atoms with Crippen LogP contribution in [0.5, 0.6) is 0 Å². The van der Waals surface area contributed by atoms with E-state index in [0.717, 1.165) is 5.56 Å². The Morgan fingerprint density at radius 3 is 2.24 bits per heavy atom. The van der Waals surface area contributed by atoms with E-state index in [1.807, 2.05) is 36.4 Å². The molecule has 0 aliphatic heterocycles. The average Bonchev–Trinajstić information content (AvgIpc) is 2.54. The highest BCUT2D eigenvalue weighted by molar-refractivity contribution is 7.96. The third kappa shape index (κ3) is 4.21. The summed E-state index contributed by atoms with van der Waals surface area (Å²) in [6.45, 7) is 1.97. The highest BCUT2D eigenvalue weighted by atomic mass is 32.2. The van der Waals surface area contributed by atoms with Crippen LogP contribution in [0.2, 0.25) is 0 Å². The molecule has 2 aromatic carbocycles. The number of hydrogen-bond donors (Lipinski definition) is 0. The Balaban J connectivity index is 2.37. The molecule has 0 heterocycles. The lowest BCUT2D eigenvalue weighted by molar-refractivity contribution is -0.137. The monoisotopic (exact) mass is 300 g/mol. The first-order chi connectivity index (χ1) is 10.2. The summed E-state index contributed by atoms with van der Waals surface area (Å²) in [7, 11) is 0. The van der Waals surface area contributed by atoms with E-state index in [2.05, 4.69) is 0 Å². The van der Waals surface area contributed by atoms with Crippen LogP contribution in [-0.2, 0) is 20.7 Å². The van der Waals surface area contributed by atoms with Crippen molar-refractivity contribution in [3.05, 3.63) is 71.1 Å². The second-order valence-electron chi connectivity index (χ2n) is 4.22. The van der Waals surface area contributed by atoms with Crippen LogP contribution in [0.25, 0.3) is 6.08 Å². The van der Waals surface area contributed by atoms with Crippen molar-refractivity contribution in [3.63, 3.8) is 0 Å². The fourth-order valence-corrected chi connectivity index (χ4v) is 2.87. The lowest BCUT2D eigenvalue weighted by Gasteiger charge is -2.12. The van der Waals surface area contributed by atoms with Gasteiger partial charge in [-0.25, -0.2) is 4.79 Å². The van der Waals surface area contributed by atoms with Crippen LogP contribution < -0.4 is 0 Å². The Labute approximate surface area is 127 Å². The molecular formula is C17H16O3S. The Morgan fingerprint density at radius 1 is 1.10 bits per heavy atom. The van der Waals surface area contributed by atoms with Crippen molar-refractivity contribution in [2.75, 3.05) is 6.61 Å². The molecule has 2 rings (SSSR count). The van der Waals surface area contributed by atoms with Gasteiger partial charge in [0.1, 0.15) is 0 Å². The van der Waals surface area contributed by atoms with Crippen molar-refractivity contribution in [2.45, 2.75) is 11.8 Å². The third-order valence-electron chi connectivity index (χ3n) is 2.73. The molecule has 0 bridgehead atoms. The minimum atomic E-state index is -1.57. The van der Waals surface area contributed by atoms with Gasteiger partial charge in [-0.15, -0.1) is 0 Å². The van der Waals surface area contributed by atoms with Gasteiger partial charge in [0.05, 0.1) is 6.61 Å². The molecule has 0 radical (unpaired) electrons. The molecule has 2 aromatic rings. The van der Waals surface area contributed by atoms with Gasteiger partial charge in [0.25, 0.3) is 0 Å². The summed E-state index contributed by atoms with van der Waals surface area (Å²) in [6.07, 6.45) is 1.61. The van der Waals surface area contributed by atoms with Crippen LogP contribution >= 0.6 is 0 Å². The van der Waals surface area contributed by atoms with Crippen LogP contribution in [0.3, 0.4) is 0 Å². The van der Waals surface area contributed by atoms with Crippen molar-refractivity contribution < 1.29 is 14.1 Å². The van der Waals surface area contributed by atoms with Gasteiger partial charge in [0.2, 0.25) is 4.91 Å². The minimum absolute atomic E-state index is 0.147. The van der Waals surface area contributed by atoms with Gasteiger partial charge in [-0.2, -0.15) is 0 Å². The Morgan fingerprint density at radius 2 is 1.67 bits per heavy atom. The second-order valence-corrected chi connectivity index (χ2v) is 5.67. The van der Waals surface area contributed by atoms with E-state index >= 15 is 0 Å². The third-order valence-corrected chi connectivity index (χ3v) is 4.12. The molecule has 1 atom stereocenters. The standard InChI is InChI=1S/C17H16O3S/c1-2-20-17(18)16(13-14-9-5-3-6-10-14)21(19)15-11-7-4-8-12-15/h3-13H,2H2,1H3/b16-13+. The molecule has 4 heteroatoms. The number of benzene rings is 2. The Kier molecular flexibility index (Phi) is 5.60. The van der Waals surface area contributed by atoms with E-state index in [-0.39, 0.29) is 11.5 Å². The first kappa shape index (κ1) is 15.4. The zero-order valence-electron chi connectivity index (χ0n) is 11.7. The van der Waals surface area contributed by atoms with Gasteiger partial charge in [-0.1, -0.05) is 48.5 Å². The van der Waals surface area contributed by atoms with Crippen LogP contribution in [0.4, 0.5) is 0 Å².